The molecule has 1 aromatic heterocycles. The Morgan fingerprint density at radius 1 is 1.20 bits per heavy atom. The van der Waals surface area contributed by atoms with Crippen molar-refractivity contribution in [2.75, 3.05) is 0 Å². The van der Waals surface area contributed by atoms with Crippen molar-refractivity contribution in [2.24, 2.45) is 5.92 Å². The molecule has 0 spiro atoms. The third-order valence-corrected chi connectivity index (χ3v) is 5.22. The minimum absolute atomic E-state index is 0.0808. The molecule has 3 heterocycles. The molecule has 3 atom stereocenters. The largest absolute Gasteiger partial charge is 0.489 e. The Bertz CT molecular complexity index is 966. The van der Waals surface area contributed by atoms with Gasteiger partial charge >= 0.3 is 5.63 Å². The first kappa shape index (κ1) is 16.2. The topological polar surface area (TPSA) is 68.9 Å². The van der Waals surface area contributed by atoms with Crippen molar-refractivity contribution in [2.45, 2.75) is 52.4 Å². The maximum atomic E-state index is 11.9. The molecule has 2 aliphatic rings. The molecule has 0 radical (unpaired) electrons. The SMILES string of the molecule is Cc1cc(=O)oc2c3c(c4c(c12)O[C@@H](C)[C@@H](C)[C@H]4O)OC(C)(C)C=C3. The van der Waals surface area contributed by atoms with Gasteiger partial charge in [0.2, 0.25) is 0 Å². The van der Waals surface area contributed by atoms with Crippen LogP contribution in [0.4, 0.5) is 0 Å². The van der Waals surface area contributed by atoms with Crippen molar-refractivity contribution >= 4 is 17.0 Å². The second-order valence-electron chi connectivity index (χ2n) is 7.60. The first-order valence-corrected chi connectivity index (χ1v) is 8.57. The van der Waals surface area contributed by atoms with Crippen LogP contribution in [0.1, 0.15) is 50.5 Å². The summed E-state index contributed by atoms with van der Waals surface area (Å²) in [6.07, 6.45) is 2.94. The summed E-state index contributed by atoms with van der Waals surface area (Å²) >= 11 is 0. The molecule has 0 saturated heterocycles. The van der Waals surface area contributed by atoms with Crippen molar-refractivity contribution in [3.05, 3.63) is 39.3 Å². The zero-order valence-corrected chi connectivity index (χ0v) is 15.0. The molecule has 1 aromatic carbocycles. The highest BCUT2D eigenvalue weighted by molar-refractivity contribution is 5.97. The molecule has 0 aliphatic carbocycles. The van der Waals surface area contributed by atoms with Crippen LogP contribution in [0.2, 0.25) is 0 Å². The van der Waals surface area contributed by atoms with Gasteiger partial charge in [-0.3, -0.25) is 0 Å². The molecular weight excluding hydrogens is 320 g/mol. The van der Waals surface area contributed by atoms with E-state index in [9.17, 15) is 9.90 Å². The van der Waals surface area contributed by atoms with E-state index in [1.165, 1.54) is 6.07 Å². The highest BCUT2D eigenvalue weighted by atomic mass is 16.5. The average molecular weight is 342 g/mol. The van der Waals surface area contributed by atoms with E-state index in [0.717, 1.165) is 10.9 Å². The Hall–Kier alpha value is -2.27. The molecule has 1 N–H and O–H groups in total. The Balaban J connectivity index is 2.18. The number of aryl methyl sites for hydroxylation is 1. The van der Waals surface area contributed by atoms with E-state index in [-0.39, 0.29) is 12.0 Å². The first-order valence-electron chi connectivity index (χ1n) is 8.57. The fourth-order valence-corrected chi connectivity index (χ4v) is 3.61. The van der Waals surface area contributed by atoms with Crippen LogP contribution in [0.5, 0.6) is 11.5 Å². The van der Waals surface area contributed by atoms with Crippen molar-refractivity contribution in [3.8, 4) is 11.5 Å². The Labute approximate surface area is 145 Å². The van der Waals surface area contributed by atoms with Crippen molar-refractivity contribution in [3.63, 3.8) is 0 Å². The summed E-state index contributed by atoms with van der Waals surface area (Å²) in [6.45, 7) is 9.62. The summed E-state index contributed by atoms with van der Waals surface area (Å²) < 4.78 is 17.9. The summed E-state index contributed by atoms with van der Waals surface area (Å²) in [4.78, 5) is 11.9. The van der Waals surface area contributed by atoms with Crippen LogP contribution in [0.3, 0.4) is 0 Å². The van der Waals surface area contributed by atoms with Crippen LogP contribution in [-0.2, 0) is 0 Å². The van der Waals surface area contributed by atoms with Crippen LogP contribution in [-0.4, -0.2) is 16.8 Å². The first-order chi connectivity index (χ1) is 11.7. The number of hydrogen-bond donors (Lipinski definition) is 1. The molecule has 2 aliphatic heterocycles. The van der Waals surface area contributed by atoms with Gasteiger partial charge in [-0.05, 0) is 45.4 Å². The van der Waals surface area contributed by atoms with Gasteiger partial charge in [0.15, 0.2) is 5.58 Å². The van der Waals surface area contributed by atoms with Gasteiger partial charge in [0.05, 0.1) is 22.6 Å². The third-order valence-electron chi connectivity index (χ3n) is 5.22. The van der Waals surface area contributed by atoms with Crippen LogP contribution in [0.25, 0.3) is 17.0 Å². The van der Waals surface area contributed by atoms with Gasteiger partial charge in [-0.25, -0.2) is 4.79 Å². The maximum absolute atomic E-state index is 11.9. The lowest BCUT2D eigenvalue weighted by atomic mass is 9.85. The van der Waals surface area contributed by atoms with Gasteiger partial charge in [-0.1, -0.05) is 6.92 Å². The van der Waals surface area contributed by atoms with Gasteiger partial charge in [0, 0.05) is 12.0 Å². The fraction of sp³-hybridized carbons (Fsp3) is 0.450. The van der Waals surface area contributed by atoms with E-state index < -0.39 is 17.3 Å². The van der Waals surface area contributed by atoms with Crippen LogP contribution in [0, 0.1) is 12.8 Å². The molecular formula is C20H22O5. The van der Waals surface area contributed by atoms with Crippen molar-refractivity contribution in [1.29, 1.82) is 0 Å². The Kier molecular flexibility index (Phi) is 3.32. The highest BCUT2D eigenvalue weighted by Crippen LogP contribution is 2.52. The number of benzene rings is 1. The van der Waals surface area contributed by atoms with Crippen LogP contribution >= 0.6 is 0 Å². The third kappa shape index (κ3) is 2.29. The number of rotatable bonds is 0. The Morgan fingerprint density at radius 2 is 1.92 bits per heavy atom. The average Bonchev–Trinajstić information content (AvgIpc) is 2.50. The number of hydrogen-bond acceptors (Lipinski definition) is 5. The number of fused-ring (bicyclic) bond motifs is 6. The molecule has 0 amide bonds. The van der Waals surface area contributed by atoms with Crippen molar-refractivity contribution in [1.82, 2.24) is 0 Å². The van der Waals surface area contributed by atoms with E-state index in [0.29, 0.717) is 28.2 Å². The van der Waals surface area contributed by atoms with E-state index >= 15 is 0 Å². The number of aliphatic hydroxyl groups is 1. The smallest absolute Gasteiger partial charge is 0.336 e. The molecule has 5 heteroatoms. The second kappa shape index (κ2) is 5.11. The predicted molar refractivity (Wildman–Crippen MR) is 95.2 cm³/mol. The summed E-state index contributed by atoms with van der Waals surface area (Å²) in [5, 5.41) is 11.7. The molecule has 0 saturated carbocycles. The lowest BCUT2D eigenvalue weighted by molar-refractivity contribution is 0.0139. The van der Waals surface area contributed by atoms with Crippen LogP contribution in [0.15, 0.2) is 21.4 Å². The standard InChI is InChI=1S/C20H22O5/c1-9-8-13(21)24-17-12-6-7-20(4,5)25-18(12)15-16(22)10(2)11(3)23-19(15)14(9)17/h6-8,10-11,16,22H,1-5H3/t10-,11+,16-/m1/s1. The van der Waals surface area contributed by atoms with E-state index in [1.807, 2.05) is 46.8 Å². The molecule has 2 aromatic rings. The van der Waals surface area contributed by atoms with Gasteiger partial charge in [-0.15, -0.1) is 0 Å². The zero-order chi connectivity index (χ0) is 18.1. The predicted octanol–water partition coefficient (Wildman–Crippen LogP) is 3.74. The quantitative estimate of drug-likeness (QED) is 0.739. The lowest BCUT2D eigenvalue weighted by Crippen LogP contribution is -2.35. The summed E-state index contributed by atoms with van der Waals surface area (Å²) in [6, 6.07) is 1.45. The molecule has 5 nitrogen and oxygen atoms in total. The minimum Gasteiger partial charge on any atom is -0.489 e. The van der Waals surface area contributed by atoms with Crippen LogP contribution < -0.4 is 15.1 Å². The minimum atomic E-state index is -0.717. The van der Waals surface area contributed by atoms with Crippen molar-refractivity contribution < 1.29 is 19.0 Å². The second-order valence-corrected chi connectivity index (χ2v) is 7.60. The van der Waals surface area contributed by atoms with Gasteiger partial charge < -0.3 is 19.0 Å². The normalized spacial score (nSPS) is 26.6. The monoisotopic (exact) mass is 342 g/mol. The molecule has 0 unspecified atom stereocenters. The summed E-state index contributed by atoms with van der Waals surface area (Å²) in [5.41, 5.74) is 1.59. The zero-order valence-electron chi connectivity index (χ0n) is 15.0. The number of aliphatic hydroxyl groups excluding tert-OH is 1. The lowest BCUT2D eigenvalue weighted by Gasteiger charge is -2.38. The molecule has 0 fully saturated rings. The van der Waals surface area contributed by atoms with E-state index in [4.69, 9.17) is 13.9 Å². The molecule has 4 rings (SSSR count). The van der Waals surface area contributed by atoms with Gasteiger partial charge in [0.1, 0.15) is 23.2 Å². The maximum Gasteiger partial charge on any atom is 0.336 e. The van der Waals surface area contributed by atoms with Gasteiger partial charge in [0.25, 0.3) is 0 Å². The molecule has 132 valence electrons. The molecule has 0 bridgehead atoms. The van der Waals surface area contributed by atoms with E-state index in [1.54, 1.807) is 0 Å². The number of ether oxygens (including phenoxy) is 2. The van der Waals surface area contributed by atoms with E-state index in [2.05, 4.69) is 0 Å². The summed E-state index contributed by atoms with van der Waals surface area (Å²) in [7, 11) is 0. The van der Waals surface area contributed by atoms with Gasteiger partial charge in [-0.2, -0.15) is 0 Å². The fourth-order valence-electron chi connectivity index (χ4n) is 3.61. The Morgan fingerprint density at radius 3 is 2.64 bits per heavy atom. The molecule has 25 heavy (non-hydrogen) atoms. The summed E-state index contributed by atoms with van der Waals surface area (Å²) in [5.74, 6) is 1.01. The highest BCUT2D eigenvalue weighted by Gasteiger charge is 2.40.